The fourth-order valence-electron chi connectivity index (χ4n) is 3.50. The van der Waals surface area contributed by atoms with Crippen LogP contribution >= 0.6 is 28.7 Å². The number of carbonyl (C=O) groups excluding carboxylic acids is 2. The zero-order chi connectivity index (χ0) is 21.6. The Morgan fingerprint density at radius 3 is 2.34 bits per heavy atom. The summed E-state index contributed by atoms with van der Waals surface area (Å²) in [6.07, 6.45) is 0.515. The van der Waals surface area contributed by atoms with Crippen LogP contribution in [-0.4, -0.2) is 48.4 Å². The number of ether oxygens (including phenoxy) is 1. The number of amides is 2. The number of morpholine rings is 1. The summed E-state index contributed by atoms with van der Waals surface area (Å²) in [4.78, 5) is 27.8. The van der Waals surface area contributed by atoms with E-state index in [1.807, 2.05) is 54.6 Å². The Hall–Kier alpha value is -2.64. The van der Waals surface area contributed by atoms with Gasteiger partial charge < -0.3 is 4.74 Å². The van der Waals surface area contributed by atoms with Gasteiger partial charge in [0.05, 0.1) is 18.5 Å². The average Bonchev–Trinajstić information content (AvgIpc) is 3.11. The van der Waals surface area contributed by atoms with E-state index in [0.717, 1.165) is 5.56 Å². The summed E-state index contributed by atoms with van der Waals surface area (Å²) in [6, 6.07) is 20.9. The Labute approximate surface area is 201 Å². The third-order valence-electron chi connectivity index (χ3n) is 5.05. The quantitative estimate of drug-likeness (QED) is 0.487. The summed E-state index contributed by atoms with van der Waals surface area (Å²) in [5.74, 6) is -0.650. The van der Waals surface area contributed by atoms with E-state index in [-0.39, 0.29) is 28.5 Å². The van der Waals surface area contributed by atoms with Crippen molar-refractivity contribution in [3.05, 3.63) is 76.8 Å². The summed E-state index contributed by atoms with van der Waals surface area (Å²) in [5.41, 5.74) is 4.38. The first-order valence-corrected chi connectivity index (χ1v) is 10.9. The van der Waals surface area contributed by atoms with Crippen molar-refractivity contribution in [2.45, 2.75) is 11.7 Å². The lowest BCUT2D eigenvalue weighted by Gasteiger charge is -2.27. The van der Waals surface area contributed by atoms with Crippen LogP contribution in [0.1, 0.15) is 5.56 Å². The van der Waals surface area contributed by atoms with E-state index in [0.29, 0.717) is 43.4 Å². The molecule has 0 radical (unpaired) electrons. The molecule has 4 rings (SSSR count). The molecule has 7 nitrogen and oxygen atoms in total. The number of nitrogens with one attached hydrogen (secondary N) is 1. The standard InChI is InChI=1S/C23H22N4O3S.BrH/c24-16-19(21(28)25-26-11-13-30-14-12-26)23-27(18-9-5-2-6-10-18)22(29)20(31-23)15-17-7-3-1-4-8-17;/h1-10,20H,11-15H2,(H,25,28);1H/b23-19+;. The molecule has 32 heavy (non-hydrogen) atoms. The van der Waals surface area contributed by atoms with Gasteiger partial charge in [-0.2, -0.15) is 5.26 Å². The van der Waals surface area contributed by atoms with E-state index in [4.69, 9.17) is 4.74 Å². The number of nitrogens with zero attached hydrogens (tertiary/aromatic N) is 3. The van der Waals surface area contributed by atoms with E-state index in [9.17, 15) is 14.9 Å². The maximum absolute atomic E-state index is 13.4. The minimum absolute atomic E-state index is 0. The van der Waals surface area contributed by atoms with Crippen LogP contribution in [0.2, 0.25) is 0 Å². The number of hydrogen-bond acceptors (Lipinski definition) is 6. The molecule has 0 saturated carbocycles. The zero-order valence-electron chi connectivity index (χ0n) is 17.3. The zero-order valence-corrected chi connectivity index (χ0v) is 19.8. The molecule has 2 fully saturated rings. The highest BCUT2D eigenvalue weighted by Gasteiger charge is 2.40. The molecular weight excluding hydrogens is 492 g/mol. The van der Waals surface area contributed by atoms with Crippen molar-refractivity contribution in [3.8, 4) is 6.07 Å². The van der Waals surface area contributed by atoms with Crippen molar-refractivity contribution >= 4 is 46.2 Å². The fourth-order valence-corrected chi connectivity index (χ4v) is 4.81. The van der Waals surface area contributed by atoms with Gasteiger partial charge in [-0.3, -0.25) is 19.9 Å². The van der Waals surface area contributed by atoms with E-state index in [1.165, 1.54) is 16.7 Å². The molecule has 0 aromatic heterocycles. The summed E-state index contributed by atoms with van der Waals surface area (Å²) >= 11 is 1.27. The molecule has 2 amide bonds. The Bertz CT molecular complexity index is 1020. The maximum atomic E-state index is 13.4. The van der Waals surface area contributed by atoms with Gasteiger partial charge in [-0.1, -0.05) is 60.3 Å². The molecule has 9 heteroatoms. The van der Waals surface area contributed by atoms with Gasteiger partial charge in [-0.05, 0) is 24.1 Å². The second-order valence-electron chi connectivity index (χ2n) is 7.14. The van der Waals surface area contributed by atoms with Crippen molar-refractivity contribution in [1.82, 2.24) is 10.4 Å². The fraction of sp³-hybridized carbons (Fsp3) is 0.261. The summed E-state index contributed by atoms with van der Waals surface area (Å²) in [6.45, 7) is 2.12. The number of thioether (sulfide) groups is 1. The summed E-state index contributed by atoms with van der Waals surface area (Å²) in [5, 5.41) is 11.5. The highest BCUT2D eigenvalue weighted by molar-refractivity contribution is 8.93. The number of hydrogen-bond donors (Lipinski definition) is 1. The number of nitriles is 1. The van der Waals surface area contributed by atoms with Gasteiger partial charge in [-0.25, -0.2) is 5.01 Å². The molecule has 1 N–H and O–H groups in total. The van der Waals surface area contributed by atoms with Gasteiger partial charge in [-0.15, -0.1) is 17.0 Å². The molecule has 1 atom stereocenters. The monoisotopic (exact) mass is 514 g/mol. The predicted molar refractivity (Wildman–Crippen MR) is 129 cm³/mol. The lowest BCUT2D eigenvalue weighted by atomic mass is 10.1. The SMILES string of the molecule is Br.N#C/C(C(=O)NN1CCOCC1)=C1\SC(Cc2ccccc2)C(=O)N1c1ccccc1. The first-order valence-electron chi connectivity index (χ1n) is 10.0. The number of carbonyl (C=O) groups is 2. The smallest absolute Gasteiger partial charge is 0.278 e. The second-order valence-corrected chi connectivity index (χ2v) is 8.33. The first-order chi connectivity index (χ1) is 15.2. The lowest BCUT2D eigenvalue weighted by Crippen LogP contribution is -2.49. The van der Waals surface area contributed by atoms with Crippen molar-refractivity contribution in [3.63, 3.8) is 0 Å². The van der Waals surface area contributed by atoms with Gasteiger partial charge in [0.2, 0.25) is 5.91 Å². The molecular formula is C23H23BrN4O3S. The summed E-state index contributed by atoms with van der Waals surface area (Å²) in [7, 11) is 0. The van der Waals surface area contributed by atoms with E-state index in [1.54, 1.807) is 17.1 Å². The van der Waals surface area contributed by atoms with Crippen LogP contribution in [0.5, 0.6) is 0 Å². The van der Waals surface area contributed by atoms with E-state index >= 15 is 0 Å². The predicted octanol–water partition coefficient (Wildman–Crippen LogP) is 3.05. The number of anilines is 1. The molecule has 2 aliphatic heterocycles. The Kier molecular flexibility index (Phi) is 8.47. The molecule has 2 aromatic rings. The minimum Gasteiger partial charge on any atom is -0.379 e. The Morgan fingerprint density at radius 2 is 1.72 bits per heavy atom. The van der Waals surface area contributed by atoms with Crippen LogP contribution < -0.4 is 10.3 Å². The van der Waals surface area contributed by atoms with Crippen molar-refractivity contribution in [2.75, 3.05) is 31.2 Å². The molecule has 2 heterocycles. The number of rotatable bonds is 5. The van der Waals surface area contributed by atoms with E-state index < -0.39 is 11.2 Å². The first kappa shape index (κ1) is 24.0. The van der Waals surface area contributed by atoms with E-state index in [2.05, 4.69) is 5.43 Å². The highest BCUT2D eigenvalue weighted by Crippen LogP contribution is 2.41. The number of halogens is 1. The van der Waals surface area contributed by atoms with Crippen LogP contribution in [0.15, 0.2) is 71.3 Å². The Balaban J connectivity index is 0.00000289. The van der Waals surface area contributed by atoms with Gasteiger partial charge in [0.15, 0.2) is 0 Å². The largest absolute Gasteiger partial charge is 0.379 e. The third kappa shape index (κ3) is 5.40. The van der Waals surface area contributed by atoms with Crippen molar-refractivity contribution in [2.24, 2.45) is 0 Å². The second kappa shape index (κ2) is 11.3. The van der Waals surface area contributed by atoms with Crippen LogP contribution in [-0.2, 0) is 20.7 Å². The van der Waals surface area contributed by atoms with Gasteiger partial charge in [0.1, 0.15) is 16.7 Å². The molecule has 1 unspecified atom stereocenters. The van der Waals surface area contributed by atoms with Crippen molar-refractivity contribution in [1.29, 1.82) is 5.26 Å². The third-order valence-corrected chi connectivity index (χ3v) is 6.32. The average molecular weight is 515 g/mol. The summed E-state index contributed by atoms with van der Waals surface area (Å²) < 4.78 is 5.30. The van der Waals surface area contributed by atoms with Gasteiger partial charge >= 0.3 is 0 Å². The molecule has 0 spiro atoms. The van der Waals surface area contributed by atoms with Gasteiger partial charge in [0, 0.05) is 18.8 Å². The van der Waals surface area contributed by atoms with Gasteiger partial charge in [0.25, 0.3) is 5.91 Å². The molecule has 2 saturated heterocycles. The van der Waals surface area contributed by atoms with Crippen LogP contribution in [0.3, 0.4) is 0 Å². The molecule has 0 aliphatic carbocycles. The molecule has 0 bridgehead atoms. The normalized spacial score (nSPS) is 20.3. The maximum Gasteiger partial charge on any atom is 0.278 e. The van der Waals surface area contributed by atoms with Crippen LogP contribution in [0, 0.1) is 11.3 Å². The van der Waals surface area contributed by atoms with Crippen LogP contribution in [0.4, 0.5) is 5.69 Å². The number of hydrazine groups is 1. The topological polar surface area (TPSA) is 85.7 Å². The molecule has 2 aliphatic rings. The van der Waals surface area contributed by atoms with Crippen molar-refractivity contribution < 1.29 is 14.3 Å². The molecule has 166 valence electrons. The Morgan fingerprint density at radius 1 is 1.09 bits per heavy atom. The number of para-hydroxylation sites is 1. The minimum atomic E-state index is -0.513. The number of benzene rings is 2. The lowest BCUT2D eigenvalue weighted by molar-refractivity contribution is -0.123. The highest BCUT2D eigenvalue weighted by atomic mass is 79.9. The van der Waals surface area contributed by atoms with Crippen LogP contribution in [0.25, 0.3) is 0 Å². The molecule has 2 aromatic carbocycles.